The van der Waals surface area contributed by atoms with Crippen molar-refractivity contribution in [3.05, 3.63) is 29.8 Å². The van der Waals surface area contributed by atoms with E-state index in [1.807, 2.05) is 29.2 Å². The third-order valence-corrected chi connectivity index (χ3v) is 3.11. The fourth-order valence-corrected chi connectivity index (χ4v) is 2.11. The summed E-state index contributed by atoms with van der Waals surface area (Å²) in [4.78, 5) is 13.2. The predicted molar refractivity (Wildman–Crippen MR) is 65.4 cm³/mol. The lowest BCUT2D eigenvalue weighted by molar-refractivity contribution is -0.118. The van der Waals surface area contributed by atoms with Gasteiger partial charge in [0.15, 0.2) is 0 Å². The smallest absolute Gasteiger partial charge is 0.239 e. The molecule has 0 aliphatic carbocycles. The first-order valence-electron chi connectivity index (χ1n) is 5.51. The number of carbonyl (C=O) groups excluding carboxylic acids is 1. The summed E-state index contributed by atoms with van der Waals surface area (Å²) in [5.41, 5.74) is 7.72. The van der Waals surface area contributed by atoms with Crippen molar-refractivity contribution >= 4 is 17.3 Å². The Morgan fingerprint density at radius 1 is 1.53 bits per heavy atom. The van der Waals surface area contributed by atoms with E-state index in [4.69, 9.17) is 10.9 Å². The molecule has 0 saturated heterocycles. The summed E-state index contributed by atoms with van der Waals surface area (Å²) < 4.78 is 0. The first-order chi connectivity index (χ1) is 8.15. The molecule has 1 amide bonds. The van der Waals surface area contributed by atoms with Crippen LogP contribution in [0, 0.1) is 0 Å². The number of amides is 1. The summed E-state index contributed by atoms with van der Waals surface area (Å²) in [6.07, 6.45) is 0.602. The van der Waals surface area contributed by atoms with E-state index in [2.05, 4.69) is 5.16 Å². The minimum absolute atomic E-state index is 0.357. The van der Waals surface area contributed by atoms with Crippen molar-refractivity contribution < 1.29 is 10.0 Å². The molecule has 0 radical (unpaired) electrons. The van der Waals surface area contributed by atoms with E-state index < -0.39 is 0 Å². The van der Waals surface area contributed by atoms with Crippen LogP contribution in [0.1, 0.15) is 18.9 Å². The number of nitrogens with zero attached hydrogens (tertiary/aromatic N) is 2. The maximum atomic E-state index is 11.3. The zero-order valence-electron chi connectivity index (χ0n) is 9.63. The topological polar surface area (TPSA) is 78.9 Å². The maximum absolute atomic E-state index is 11.3. The van der Waals surface area contributed by atoms with Crippen molar-refractivity contribution in [3.8, 4) is 0 Å². The zero-order chi connectivity index (χ0) is 12.4. The first kappa shape index (κ1) is 11.4. The van der Waals surface area contributed by atoms with Gasteiger partial charge in [0.05, 0.1) is 5.71 Å². The minimum Gasteiger partial charge on any atom is -0.411 e. The summed E-state index contributed by atoms with van der Waals surface area (Å²) in [5.74, 6) is -0.357. The van der Waals surface area contributed by atoms with Gasteiger partial charge in [-0.25, -0.2) is 0 Å². The van der Waals surface area contributed by atoms with Crippen LogP contribution in [-0.2, 0) is 4.79 Å². The lowest BCUT2D eigenvalue weighted by atomic mass is 9.98. The molecule has 1 aromatic carbocycles. The van der Waals surface area contributed by atoms with Crippen LogP contribution < -0.4 is 10.6 Å². The van der Waals surface area contributed by atoms with Crippen LogP contribution >= 0.6 is 0 Å². The Morgan fingerprint density at radius 2 is 2.24 bits per heavy atom. The van der Waals surface area contributed by atoms with Gasteiger partial charge >= 0.3 is 0 Å². The summed E-state index contributed by atoms with van der Waals surface area (Å²) in [5, 5.41) is 12.3. The average molecular weight is 233 g/mol. The van der Waals surface area contributed by atoms with Crippen LogP contribution in [0.15, 0.2) is 29.4 Å². The molecule has 2 rings (SSSR count). The molecule has 0 saturated carbocycles. The van der Waals surface area contributed by atoms with Crippen LogP contribution in [0.25, 0.3) is 0 Å². The number of hydrogen-bond donors (Lipinski definition) is 2. The Bertz CT molecular complexity index is 471. The number of anilines is 1. The van der Waals surface area contributed by atoms with Gasteiger partial charge in [-0.05, 0) is 13.0 Å². The van der Waals surface area contributed by atoms with E-state index in [1.54, 1.807) is 6.92 Å². The molecule has 1 atom stereocenters. The van der Waals surface area contributed by atoms with Gasteiger partial charge in [0, 0.05) is 24.2 Å². The highest BCUT2D eigenvalue weighted by atomic mass is 16.4. The molecule has 1 heterocycles. The molecule has 17 heavy (non-hydrogen) atoms. The van der Waals surface area contributed by atoms with E-state index in [0.717, 1.165) is 11.3 Å². The van der Waals surface area contributed by atoms with E-state index in [-0.39, 0.29) is 11.9 Å². The van der Waals surface area contributed by atoms with Crippen molar-refractivity contribution in [1.29, 1.82) is 0 Å². The molecule has 0 fully saturated rings. The number of oxime groups is 1. The Kier molecular flexibility index (Phi) is 2.99. The van der Waals surface area contributed by atoms with Gasteiger partial charge in [-0.2, -0.15) is 0 Å². The monoisotopic (exact) mass is 233 g/mol. The molecule has 1 aliphatic rings. The lowest BCUT2D eigenvalue weighted by Gasteiger charge is -2.34. The van der Waals surface area contributed by atoms with Gasteiger partial charge in [-0.3, -0.25) is 4.79 Å². The predicted octanol–water partition coefficient (Wildman–Crippen LogP) is 0.949. The third-order valence-electron chi connectivity index (χ3n) is 3.11. The van der Waals surface area contributed by atoms with Crippen LogP contribution in [0.3, 0.4) is 0 Å². The standard InChI is InChI=1S/C12H15N3O2/c1-8(12(13)16)15-7-6-10(14-17)9-4-2-3-5-11(9)15/h2-5,8,17H,6-7H2,1H3,(H2,13,16). The molecular formula is C12H15N3O2. The molecule has 0 bridgehead atoms. The Hall–Kier alpha value is -2.04. The molecule has 5 heteroatoms. The summed E-state index contributed by atoms with van der Waals surface area (Å²) in [6.45, 7) is 2.40. The van der Waals surface area contributed by atoms with Crippen LogP contribution in [0.5, 0.6) is 0 Å². The lowest BCUT2D eigenvalue weighted by Crippen LogP contribution is -2.46. The maximum Gasteiger partial charge on any atom is 0.239 e. The Balaban J connectivity index is 2.45. The quantitative estimate of drug-likeness (QED) is 0.589. The number of hydrogen-bond acceptors (Lipinski definition) is 4. The number of primary amides is 1. The molecular weight excluding hydrogens is 218 g/mol. The SMILES string of the molecule is CC(C(N)=O)N1CCC(=NO)c2ccccc21. The number of benzene rings is 1. The van der Waals surface area contributed by atoms with Gasteiger partial charge in [0.1, 0.15) is 6.04 Å². The molecule has 1 aliphatic heterocycles. The van der Waals surface area contributed by atoms with E-state index >= 15 is 0 Å². The second kappa shape index (κ2) is 4.45. The second-order valence-corrected chi connectivity index (χ2v) is 4.09. The number of para-hydroxylation sites is 1. The highest BCUT2D eigenvalue weighted by Gasteiger charge is 2.27. The Labute approximate surface area is 99.5 Å². The summed E-state index contributed by atoms with van der Waals surface area (Å²) in [6, 6.07) is 7.18. The normalized spacial score (nSPS) is 18.9. The van der Waals surface area contributed by atoms with Crippen molar-refractivity contribution in [2.24, 2.45) is 10.9 Å². The molecule has 1 unspecified atom stereocenters. The fraction of sp³-hybridized carbons (Fsp3) is 0.333. The Morgan fingerprint density at radius 3 is 2.88 bits per heavy atom. The van der Waals surface area contributed by atoms with E-state index in [0.29, 0.717) is 18.7 Å². The van der Waals surface area contributed by atoms with Crippen LogP contribution in [-0.4, -0.2) is 29.4 Å². The largest absolute Gasteiger partial charge is 0.411 e. The molecule has 0 aromatic heterocycles. The minimum atomic E-state index is -0.364. The highest BCUT2D eigenvalue weighted by Crippen LogP contribution is 2.28. The first-order valence-corrected chi connectivity index (χ1v) is 5.51. The van der Waals surface area contributed by atoms with Crippen LogP contribution in [0.4, 0.5) is 5.69 Å². The number of fused-ring (bicyclic) bond motifs is 1. The summed E-state index contributed by atoms with van der Waals surface area (Å²) >= 11 is 0. The zero-order valence-corrected chi connectivity index (χ0v) is 9.63. The van der Waals surface area contributed by atoms with Crippen molar-refractivity contribution in [1.82, 2.24) is 0 Å². The average Bonchev–Trinajstić information content (AvgIpc) is 2.36. The van der Waals surface area contributed by atoms with Gasteiger partial charge in [0.25, 0.3) is 0 Å². The van der Waals surface area contributed by atoms with Crippen molar-refractivity contribution in [2.45, 2.75) is 19.4 Å². The van der Waals surface area contributed by atoms with Crippen LogP contribution in [0.2, 0.25) is 0 Å². The van der Waals surface area contributed by atoms with E-state index in [1.165, 1.54) is 0 Å². The molecule has 5 nitrogen and oxygen atoms in total. The third kappa shape index (κ3) is 1.95. The van der Waals surface area contributed by atoms with Gasteiger partial charge in [0.2, 0.25) is 5.91 Å². The van der Waals surface area contributed by atoms with Gasteiger partial charge < -0.3 is 15.8 Å². The molecule has 3 N–H and O–H groups in total. The molecule has 90 valence electrons. The van der Waals surface area contributed by atoms with Gasteiger partial charge in [-0.1, -0.05) is 23.4 Å². The van der Waals surface area contributed by atoms with Crippen molar-refractivity contribution in [3.63, 3.8) is 0 Å². The molecule has 0 spiro atoms. The summed E-state index contributed by atoms with van der Waals surface area (Å²) in [7, 11) is 0. The van der Waals surface area contributed by atoms with E-state index in [9.17, 15) is 4.79 Å². The number of carbonyl (C=O) groups is 1. The fourth-order valence-electron chi connectivity index (χ4n) is 2.11. The number of rotatable bonds is 2. The van der Waals surface area contributed by atoms with Crippen molar-refractivity contribution in [2.75, 3.05) is 11.4 Å². The molecule has 1 aromatic rings. The van der Waals surface area contributed by atoms with Gasteiger partial charge in [-0.15, -0.1) is 0 Å². The highest BCUT2D eigenvalue weighted by molar-refractivity contribution is 6.07. The second-order valence-electron chi connectivity index (χ2n) is 4.09. The number of nitrogens with two attached hydrogens (primary N) is 1.